The molecule has 0 spiro atoms. The number of hydrogen-bond donors (Lipinski definition) is 0. The molecule has 9 heteroatoms. The molecule has 2 fully saturated rings. The number of piperazine rings is 1. The molecule has 2 saturated heterocycles. The SMILES string of the molecule is C[C@H]1Cc2ccccc2N1S(=O)(=O)c1cccc(C(=O)N2CCN(CC(=O)N3CCCC3)CC2)c1. The van der Waals surface area contributed by atoms with Crippen LogP contribution in [-0.4, -0.2) is 86.8 Å². The van der Waals surface area contributed by atoms with Gasteiger partial charge in [-0.2, -0.15) is 0 Å². The van der Waals surface area contributed by atoms with Crippen LogP contribution >= 0.6 is 0 Å². The number of carbonyl (C=O) groups is 2. The summed E-state index contributed by atoms with van der Waals surface area (Å²) in [5, 5.41) is 0. The van der Waals surface area contributed by atoms with E-state index in [2.05, 4.69) is 4.90 Å². The summed E-state index contributed by atoms with van der Waals surface area (Å²) >= 11 is 0. The molecule has 0 radical (unpaired) electrons. The van der Waals surface area contributed by atoms with Gasteiger partial charge in [-0.05, 0) is 56.0 Å². The minimum Gasteiger partial charge on any atom is -0.342 e. The highest BCUT2D eigenvalue weighted by atomic mass is 32.2. The molecular weight excluding hydrogens is 464 g/mol. The number of para-hydroxylation sites is 1. The Labute approximate surface area is 207 Å². The summed E-state index contributed by atoms with van der Waals surface area (Å²) in [6.45, 7) is 6.28. The first-order valence-electron chi connectivity index (χ1n) is 12.4. The Kier molecular flexibility index (Phi) is 6.55. The normalized spacial score (nSPS) is 20.8. The third-order valence-corrected chi connectivity index (χ3v) is 9.18. The van der Waals surface area contributed by atoms with E-state index in [1.54, 1.807) is 23.1 Å². The average molecular weight is 497 g/mol. The first-order chi connectivity index (χ1) is 16.8. The van der Waals surface area contributed by atoms with Gasteiger partial charge in [0.2, 0.25) is 5.91 Å². The number of amides is 2. The molecule has 186 valence electrons. The van der Waals surface area contributed by atoms with E-state index in [1.807, 2.05) is 36.1 Å². The van der Waals surface area contributed by atoms with Crippen molar-refractivity contribution in [3.8, 4) is 0 Å². The van der Waals surface area contributed by atoms with Gasteiger partial charge in [-0.1, -0.05) is 24.3 Å². The molecule has 3 heterocycles. The number of hydrogen-bond acceptors (Lipinski definition) is 5. The molecule has 0 saturated carbocycles. The van der Waals surface area contributed by atoms with Crippen LogP contribution < -0.4 is 4.31 Å². The van der Waals surface area contributed by atoms with Crippen molar-refractivity contribution >= 4 is 27.5 Å². The smallest absolute Gasteiger partial charge is 0.264 e. The fourth-order valence-corrected chi connectivity index (χ4v) is 7.09. The number of rotatable bonds is 5. The highest BCUT2D eigenvalue weighted by Crippen LogP contribution is 2.36. The van der Waals surface area contributed by atoms with Crippen molar-refractivity contribution in [2.45, 2.75) is 37.1 Å². The largest absolute Gasteiger partial charge is 0.342 e. The number of sulfonamides is 1. The zero-order valence-electron chi connectivity index (χ0n) is 20.1. The summed E-state index contributed by atoms with van der Waals surface area (Å²) in [7, 11) is -3.81. The third-order valence-electron chi connectivity index (χ3n) is 7.26. The van der Waals surface area contributed by atoms with Crippen LogP contribution in [0.25, 0.3) is 0 Å². The molecule has 0 bridgehead atoms. The van der Waals surface area contributed by atoms with Crippen LogP contribution in [0.3, 0.4) is 0 Å². The quantitative estimate of drug-likeness (QED) is 0.634. The lowest BCUT2D eigenvalue weighted by Crippen LogP contribution is -2.51. The summed E-state index contributed by atoms with van der Waals surface area (Å²) in [6, 6.07) is 13.7. The van der Waals surface area contributed by atoms with Gasteiger partial charge >= 0.3 is 0 Å². The van der Waals surface area contributed by atoms with Crippen LogP contribution in [0.15, 0.2) is 53.4 Å². The molecule has 8 nitrogen and oxygen atoms in total. The van der Waals surface area contributed by atoms with Gasteiger partial charge in [0.05, 0.1) is 17.1 Å². The lowest BCUT2D eigenvalue weighted by atomic mass is 10.1. The van der Waals surface area contributed by atoms with Crippen molar-refractivity contribution in [2.24, 2.45) is 0 Å². The molecule has 3 aliphatic rings. The minimum atomic E-state index is -3.81. The summed E-state index contributed by atoms with van der Waals surface area (Å²) < 4.78 is 28.6. The topological polar surface area (TPSA) is 81.2 Å². The van der Waals surface area contributed by atoms with Crippen LogP contribution in [0, 0.1) is 0 Å². The highest BCUT2D eigenvalue weighted by Gasteiger charge is 2.36. The van der Waals surface area contributed by atoms with E-state index in [-0.39, 0.29) is 22.8 Å². The Morgan fingerprint density at radius 2 is 1.60 bits per heavy atom. The molecule has 2 aromatic rings. The van der Waals surface area contributed by atoms with Crippen LogP contribution in [0.1, 0.15) is 35.7 Å². The van der Waals surface area contributed by atoms with E-state index in [4.69, 9.17) is 0 Å². The Balaban J connectivity index is 1.26. The second-order valence-electron chi connectivity index (χ2n) is 9.67. The molecule has 2 aromatic carbocycles. The summed E-state index contributed by atoms with van der Waals surface area (Å²) in [6.07, 6.45) is 2.82. The number of likely N-dealkylation sites (tertiary alicyclic amines) is 1. The lowest BCUT2D eigenvalue weighted by Gasteiger charge is -2.35. The van der Waals surface area contributed by atoms with E-state index in [1.165, 1.54) is 10.4 Å². The van der Waals surface area contributed by atoms with Crippen molar-refractivity contribution in [1.29, 1.82) is 0 Å². The van der Waals surface area contributed by atoms with E-state index >= 15 is 0 Å². The predicted octanol–water partition coefficient (Wildman–Crippen LogP) is 2.21. The van der Waals surface area contributed by atoms with Gasteiger partial charge in [0, 0.05) is 50.9 Å². The maximum atomic E-state index is 13.6. The Morgan fingerprint density at radius 3 is 2.34 bits per heavy atom. The van der Waals surface area contributed by atoms with E-state index in [0.29, 0.717) is 50.4 Å². The van der Waals surface area contributed by atoms with Gasteiger partial charge in [0.25, 0.3) is 15.9 Å². The first-order valence-corrected chi connectivity index (χ1v) is 13.8. The zero-order chi connectivity index (χ0) is 24.6. The number of nitrogens with zero attached hydrogens (tertiary/aromatic N) is 4. The molecular formula is C26H32N4O4S. The molecule has 0 unspecified atom stereocenters. The maximum absolute atomic E-state index is 13.6. The number of benzene rings is 2. The second-order valence-corrected chi connectivity index (χ2v) is 11.5. The summed E-state index contributed by atoms with van der Waals surface area (Å²) in [4.78, 5) is 31.5. The van der Waals surface area contributed by atoms with E-state index in [9.17, 15) is 18.0 Å². The molecule has 3 aliphatic heterocycles. The van der Waals surface area contributed by atoms with Crippen molar-refractivity contribution < 1.29 is 18.0 Å². The van der Waals surface area contributed by atoms with Gasteiger partial charge in [-0.3, -0.25) is 18.8 Å². The highest BCUT2D eigenvalue weighted by molar-refractivity contribution is 7.92. The molecule has 35 heavy (non-hydrogen) atoms. The summed E-state index contributed by atoms with van der Waals surface area (Å²) in [5.74, 6) is -0.0136. The fourth-order valence-electron chi connectivity index (χ4n) is 5.36. The molecule has 5 rings (SSSR count). The average Bonchev–Trinajstić information content (AvgIpc) is 3.52. The number of fused-ring (bicyclic) bond motifs is 1. The zero-order valence-corrected chi connectivity index (χ0v) is 20.9. The van der Waals surface area contributed by atoms with Crippen LogP contribution in [0.2, 0.25) is 0 Å². The summed E-state index contributed by atoms with van der Waals surface area (Å²) in [5.41, 5.74) is 2.08. The van der Waals surface area contributed by atoms with Crippen molar-refractivity contribution in [3.63, 3.8) is 0 Å². The third kappa shape index (κ3) is 4.67. The Morgan fingerprint density at radius 1 is 0.886 bits per heavy atom. The van der Waals surface area contributed by atoms with Gasteiger partial charge in [-0.25, -0.2) is 8.42 Å². The lowest BCUT2D eigenvalue weighted by molar-refractivity contribution is -0.131. The van der Waals surface area contributed by atoms with Gasteiger partial charge in [0.15, 0.2) is 0 Å². The molecule has 0 aromatic heterocycles. The number of carbonyl (C=O) groups excluding carboxylic acids is 2. The first kappa shape index (κ1) is 23.8. The molecule has 0 aliphatic carbocycles. The van der Waals surface area contributed by atoms with Crippen LogP contribution in [-0.2, 0) is 21.2 Å². The van der Waals surface area contributed by atoms with Crippen molar-refractivity contribution in [1.82, 2.24) is 14.7 Å². The van der Waals surface area contributed by atoms with E-state index in [0.717, 1.165) is 31.5 Å². The van der Waals surface area contributed by atoms with Gasteiger partial charge in [-0.15, -0.1) is 0 Å². The molecule has 0 N–H and O–H groups in total. The predicted molar refractivity (Wildman–Crippen MR) is 134 cm³/mol. The van der Waals surface area contributed by atoms with Crippen molar-refractivity contribution in [2.75, 3.05) is 50.1 Å². The minimum absolute atomic E-state index is 0.127. The monoisotopic (exact) mass is 496 g/mol. The van der Waals surface area contributed by atoms with Crippen LogP contribution in [0.4, 0.5) is 5.69 Å². The Hall–Kier alpha value is -2.91. The molecule has 2 amide bonds. The van der Waals surface area contributed by atoms with Gasteiger partial charge in [0.1, 0.15) is 0 Å². The second kappa shape index (κ2) is 9.62. The fraction of sp³-hybridized carbons (Fsp3) is 0.462. The molecule has 1 atom stereocenters. The van der Waals surface area contributed by atoms with E-state index < -0.39 is 10.0 Å². The number of anilines is 1. The van der Waals surface area contributed by atoms with Crippen molar-refractivity contribution in [3.05, 3.63) is 59.7 Å². The van der Waals surface area contributed by atoms with Gasteiger partial charge < -0.3 is 9.80 Å². The maximum Gasteiger partial charge on any atom is 0.264 e. The van der Waals surface area contributed by atoms with Crippen LogP contribution in [0.5, 0.6) is 0 Å². The standard InChI is InChI=1S/C26H32N4O4S/c1-20-17-21-7-2-3-10-24(21)30(20)35(33,34)23-9-6-8-22(18-23)26(32)29-15-13-27(14-16-29)19-25(31)28-11-4-5-12-28/h2-3,6-10,18,20H,4-5,11-17,19H2,1H3/t20-/m0/s1. The Bertz CT molecular complexity index is 1220.